The van der Waals surface area contributed by atoms with Crippen molar-refractivity contribution in [2.45, 2.75) is 24.8 Å². The number of aryl methyl sites for hydroxylation is 1. The Kier molecular flexibility index (Phi) is 5.24. The molecule has 0 radical (unpaired) electrons. The van der Waals surface area contributed by atoms with Crippen molar-refractivity contribution in [3.8, 4) is 0 Å². The minimum absolute atomic E-state index is 0.0438. The second kappa shape index (κ2) is 7.15. The molecule has 0 aliphatic rings. The number of rotatable bonds is 5. The minimum atomic E-state index is 0.0438. The van der Waals surface area contributed by atoms with Crippen molar-refractivity contribution in [3.63, 3.8) is 0 Å². The SMILES string of the molecule is Cc1ccc(SCC(=O)N[C@@H](C)c2ccccc2)cc1. The van der Waals surface area contributed by atoms with Crippen LogP contribution in [0, 0.1) is 6.92 Å². The van der Waals surface area contributed by atoms with Crippen LogP contribution in [0.2, 0.25) is 0 Å². The zero-order valence-electron chi connectivity index (χ0n) is 11.8. The first-order valence-corrected chi connectivity index (χ1v) is 7.67. The molecule has 0 fully saturated rings. The number of hydrogen-bond acceptors (Lipinski definition) is 2. The summed E-state index contributed by atoms with van der Waals surface area (Å²) in [5.41, 5.74) is 2.36. The molecule has 0 saturated heterocycles. The molecule has 0 spiro atoms. The Morgan fingerprint density at radius 3 is 2.40 bits per heavy atom. The molecule has 0 unspecified atom stereocenters. The Bertz CT molecular complexity index is 551. The van der Waals surface area contributed by atoms with Gasteiger partial charge in [-0.2, -0.15) is 0 Å². The van der Waals surface area contributed by atoms with Crippen LogP contribution in [0.1, 0.15) is 24.1 Å². The van der Waals surface area contributed by atoms with Gasteiger partial charge in [0, 0.05) is 4.90 Å². The van der Waals surface area contributed by atoms with E-state index in [9.17, 15) is 4.79 Å². The number of amides is 1. The lowest BCUT2D eigenvalue weighted by atomic mass is 10.1. The number of benzene rings is 2. The predicted octanol–water partition coefficient (Wildman–Crippen LogP) is 3.96. The van der Waals surface area contributed by atoms with Crippen LogP contribution in [0.25, 0.3) is 0 Å². The maximum absolute atomic E-state index is 11.9. The second-order valence-corrected chi connectivity index (χ2v) is 5.85. The summed E-state index contributed by atoms with van der Waals surface area (Å²) in [7, 11) is 0. The second-order valence-electron chi connectivity index (χ2n) is 4.80. The standard InChI is InChI=1S/C17H19NOS/c1-13-8-10-16(11-9-13)20-12-17(19)18-14(2)15-6-4-3-5-7-15/h3-11,14H,12H2,1-2H3,(H,18,19)/t14-/m0/s1. The average Bonchev–Trinajstić information content (AvgIpc) is 2.47. The fourth-order valence-electron chi connectivity index (χ4n) is 1.89. The maximum atomic E-state index is 11.9. The van der Waals surface area contributed by atoms with Crippen LogP contribution < -0.4 is 5.32 Å². The first-order chi connectivity index (χ1) is 9.65. The molecule has 0 saturated carbocycles. The minimum Gasteiger partial charge on any atom is -0.349 e. The van der Waals surface area contributed by atoms with Gasteiger partial charge in [0.1, 0.15) is 0 Å². The summed E-state index contributed by atoms with van der Waals surface area (Å²) in [5.74, 6) is 0.507. The molecule has 3 heteroatoms. The van der Waals surface area contributed by atoms with Crippen LogP contribution in [0.3, 0.4) is 0 Å². The van der Waals surface area contributed by atoms with E-state index in [2.05, 4.69) is 24.4 Å². The molecule has 1 N–H and O–H groups in total. The third kappa shape index (κ3) is 4.42. The van der Waals surface area contributed by atoms with Gasteiger partial charge in [0.05, 0.1) is 11.8 Å². The monoisotopic (exact) mass is 285 g/mol. The highest BCUT2D eigenvalue weighted by atomic mass is 32.2. The highest BCUT2D eigenvalue weighted by molar-refractivity contribution is 8.00. The number of hydrogen-bond donors (Lipinski definition) is 1. The smallest absolute Gasteiger partial charge is 0.230 e. The van der Waals surface area contributed by atoms with Crippen molar-refractivity contribution in [2.75, 3.05) is 5.75 Å². The molecule has 1 amide bonds. The Labute approximate surface area is 124 Å². The van der Waals surface area contributed by atoms with E-state index in [1.165, 1.54) is 5.56 Å². The summed E-state index contributed by atoms with van der Waals surface area (Å²) in [6.45, 7) is 4.06. The number of carbonyl (C=O) groups is 1. The molecular weight excluding hydrogens is 266 g/mol. The molecule has 0 aliphatic heterocycles. The predicted molar refractivity (Wildman–Crippen MR) is 84.9 cm³/mol. The van der Waals surface area contributed by atoms with Crippen LogP contribution in [-0.4, -0.2) is 11.7 Å². The fourth-order valence-corrected chi connectivity index (χ4v) is 2.60. The molecule has 2 rings (SSSR count). The molecule has 0 aromatic heterocycles. The van der Waals surface area contributed by atoms with Gasteiger partial charge in [0.2, 0.25) is 5.91 Å². The highest BCUT2D eigenvalue weighted by Crippen LogP contribution is 2.18. The van der Waals surface area contributed by atoms with E-state index in [0.29, 0.717) is 5.75 Å². The maximum Gasteiger partial charge on any atom is 0.230 e. The van der Waals surface area contributed by atoms with Crippen LogP contribution >= 0.6 is 11.8 Å². The number of nitrogens with one attached hydrogen (secondary N) is 1. The molecule has 1 atom stereocenters. The van der Waals surface area contributed by atoms with Gasteiger partial charge in [-0.25, -0.2) is 0 Å². The van der Waals surface area contributed by atoms with E-state index < -0.39 is 0 Å². The summed E-state index contributed by atoms with van der Waals surface area (Å²) in [5, 5.41) is 3.02. The van der Waals surface area contributed by atoms with E-state index >= 15 is 0 Å². The fraction of sp³-hybridized carbons (Fsp3) is 0.235. The van der Waals surface area contributed by atoms with Crippen molar-refractivity contribution < 1.29 is 4.79 Å². The highest BCUT2D eigenvalue weighted by Gasteiger charge is 2.09. The van der Waals surface area contributed by atoms with Crippen LogP contribution in [0.15, 0.2) is 59.5 Å². The number of carbonyl (C=O) groups excluding carboxylic acids is 1. The molecule has 0 bridgehead atoms. The average molecular weight is 285 g/mol. The lowest BCUT2D eigenvalue weighted by molar-refractivity contribution is -0.119. The molecule has 104 valence electrons. The van der Waals surface area contributed by atoms with Crippen molar-refractivity contribution in [3.05, 3.63) is 65.7 Å². The van der Waals surface area contributed by atoms with E-state index in [-0.39, 0.29) is 11.9 Å². The van der Waals surface area contributed by atoms with Gasteiger partial charge in [0.15, 0.2) is 0 Å². The number of thioether (sulfide) groups is 1. The molecule has 0 aliphatic carbocycles. The summed E-state index contributed by atoms with van der Waals surface area (Å²) < 4.78 is 0. The van der Waals surface area contributed by atoms with E-state index in [0.717, 1.165) is 10.5 Å². The summed E-state index contributed by atoms with van der Waals surface area (Å²) in [6, 6.07) is 18.3. The van der Waals surface area contributed by atoms with Gasteiger partial charge < -0.3 is 5.32 Å². The largest absolute Gasteiger partial charge is 0.349 e. The van der Waals surface area contributed by atoms with Gasteiger partial charge in [-0.3, -0.25) is 4.79 Å². The van der Waals surface area contributed by atoms with E-state index in [4.69, 9.17) is 0 Å². The zero-order valence-corrected chi connectivity index (χ0v) is 12.6. The quantitative estimate of drug-likeness (QED) is 0.842. The van der Waals surface area contributed by atoms with Gasteiger partial charge in [-0.1, -0.05) is 48.0 Å². The third-order valence-corrected chi connectivity index (χ3v) is 4.08. The molecule has 2 aromatic rings. The van der Waals surface area contributed by atoms with Crippen molar-refractivity contribution in [1.29, 1.82) is 0 Å². The lowest BCUT2D eigenvalue weighted by Gasteiger charge is -2.14. The van der Waals surface area contributed by atoms with Gasteiger partial charge in [-0.15, -0.1) is 11.8 Å². The molecule has 0 heterocycles. The van der Waals surface area contributed by atoms with Crippen molar-refractivity contribution in [1.82, 2.24) is 5.32 Å². The van der Waals surface area contributed by atoms with Gasteiger partial charge >= 0.3 is 0 Å². The first kappa shape index (κ1) is 14.7. The Morgan fingerprint density at radius 2 is 1.75 bits per heavy atom. The van der Waals surface area contributed by atoms with Gasteiger partial charge in [0.25, 0.3) is 0 Å². The van der Waals surface area contributed by atoms with Crippen molar-refractivity contribution >= 4 is 17.7 Å². The molecule has 20 heavy (non-hydrogen) atoms. The molecular formula is C17H19NOS. The summed E-state index contributed by atoms with van der Waals surface area (Å²) in [6.07, 6.45) is 0. The topological polar surface area (TPSA) is 29.1 Å². The zero-order chi connectivity index (χ0) is 14.4. The summed E-state index contributed by atoms with van der Waals surface area (Å²) >= 11 is 1.56. The van der Waals surface area contributed by atoms with Crippen molar-refractivity contribution in [2.24, 2.45) is 0 Å². The first-order valence-electron chi connectivity index (χ1n) is 6.69. The Morgan fingerprint density at radius 1 is 1.10 bits per heavy atom. The Hall–Kier alpha value is -1.74. The summed E-state index contributed by atoms with van der Waals surface area (Å²) in [4.78, 5) is 13.1. The van der Waals surface area contributed by atoms with Crippen LogP contribution in [0.5, 0.6) is 0 Å². The van der Waals surface area contributed by atoms with Crippen LogP contribution in [-0.2, 0) is 4.79 Å². The lowest BCUT2D eigenvalue weighted by Crippen LogP contribution is -2.28. The van der Waals surface area contributed by atoms with Gasteiger partial charge in [-0.05, 0) is 31.5 Å². The van der Waals surface area contributed by atoms with E-state index in [1.54, 1.807) is 11.8 Å². The van der Waals surface area contributed by atoms with Crippen LogP contribution in [0.4, 0.5) is 0 Å². The third-order valence-electron chi connectivity index (χ3n) is 3.07. The molecule has 2 aromatic carbocycles. The normalized spacial score (nSPS) is 11.9. The Balaban J connectivity index is 1.82. The molecule has 2 nitrogen and oxygen atoms in total. The van der Waals surface area contributed by atoms with E-state index in [1.807, 2.05) is 49.4 Å².